The molecule has 0 atom stereocenters. The normalized spacial score (nSPS) is 11.1. The summed E-state index contributed by atoms with van der Waals surface area (Å²) in [4.78, 5) is 23.8. The van der Waals surface area contributed by atoms with Gasteiger partial charge in [0.25, 0.3) is 5.91 Å². The summed E-state index contributed by atoms with van der Waals surface area (Å²) in [6.07, 6.45) is 0. The molecule has 0 spiro atoms. The zero-order valence-corrected chi connectivity index (χ0v) is 15.0. The van der Waals surface area contributed by atoms with Gasteiger partial charge in [0.2, 0.25) is 0 Å². The van der Waals surface area contributed by atoms with Gasteiger partial charge in [0.15, 0.2) is 6.61 Å². The van der Waals surface area contributed by atoms with Gasteiger partial charge < -0.3 is 10.1 Å². The van der Waals surface area contributed by atoms with Crippen LogP contribution < -0.4 is 5.32 Å². The Morgan fingerprint density at radius 3 is 2.32 bits per heavy atom. The number of nitrogens with one attached hydrogen (secondary N) is 1. The number of hydrogen-bond donors (Lipinski definition) is 1. The van der Waals surface area contributed by atoms with Gasteiger partial charge in [-0.1, -0.05) is 44.5 Å². The van der Waals surface area contributed by atoms with E-state index in [1.807, 2.05) is 12.1 Å². The number of esters is 1. The molecule has 0 fully saturated rings. The molecule has 0 aliphatic rings. The average molecular weight is 364 g/mol. The lowest BCUT2D eigenvalue weighted by molar-refractivity contribution is -0.119. The van der Waals surface area contributed by atoms with Crippen LogP contribution in [0.3, 0.4) is 0 Å². The van der Waals surface area contributed by atoms with Crippen LogP contribution in [0.4, 0.5) is 10.1 Å². The van der Waals surface area contributed by atoms with E-state index in [4.69, 9.17) is 16.3 Å². The van der Waals surface area contributed by atoms with E-state index in [0.717, 1.165) is 11.6 Å². The minimum atomic E-state index is -0.596. The number of amides is 1. The Bertz CT molecular complexity index is 782. The summed E-state index contributed by atoms with van der Waals surface area (Å²) >= 11 is 5.82. The van der Waals surface area contributed by atoms with Gasteiger partial charge in [-0.3, -0.25) is 4.79 Å². The summed E-state index contributed by atoms with van der Waals surface area (Å²) in [5, 5.41) is 2.53. The molecule has 0 bridgehead atoms. The Hall–Kier alpha value is -2.40. The lowest BCUT2D eigenvalue weighted by atomic mass is 9.87. The third-order valence-electron chi connectivity index (χ3n) is 3.53. The largest absolute Gasteiger partial charge is 0.452 e. The second-order valence-electron chi connectivity index (χ2n) is 6.58. The summed E-state index contributed by atoms with van der Waals surface area (Å²) < 4.78 is 17.9. The maximum Gasteiger partial charge on any atom is 0.338 e. The first-order valence-corrected chi connectivity index (χ1v) is 8.07. The van der Waals surface area contributed by atoms with Gasteiger partial charge in [-0.2, -0.15) is 0 Å². The average Bonchev–Trinajstić information content (AvgIpc) is 2.54. The zero-order valence-electron chi connectivity index (χ0n) is 14.2. The summed E-state index contributed by atoms with van der Waals surface area (Å²) in [7, 11) is 0. The number of hydrogen-bond acceptors (Lipinski definition) is 3. The molecule has 0 heterocycles. The van der Waals surface area contributed by atoms with Crippen LogP contribution in [0.15, 0.2) is 42.5 Å². The van der Waals surface area contributed by atoms with E-state index in [1.54, 1.807) is 12.1 Å². The van der Waals surface area contributed by atoms with E-state index >= 15 is 0 Å². The number of rotatable bonds is 4. The maximum absolute atomic E-state index is 13.0. The molecule has 0 aliphatic heterocycles. The van der Waals surface area contributed by atoms with E-state index in [1.165, 1.54) is 12.1 Å². The molecule has 4 nitrogen and oxygen atoms in total. The molecule has 0 unspecified atom stereocenters. The molecule has 0 aromatic heterocycles. The molecule has 2 aromatic carbocycles. The van der Waals surface area contributed by atoms with Crippen LogP contribution in [-0.4, -0.2) is 18.5 Å². The fourth-order valence-electron chi connectivity index (χ4n) is 2.10. The van der Waals surface area contributed by atoms with Gasteiger partial charge >= 0.3 is 5.97 Å². The molecule has 2 aromatic rings. The molecule has 2 rings (SSSR count). The van der Waals surface area contributed by atoms with E-state index in [2.05, 4.69) is 26.1 Å². The van der Waals surface area contributed by atoms with Crippen molar-refractivity contribution >= 4 is 29.2 Å². The van der Waals surface area contributed by atoms with E-state index < -0.39 is 24.3 Å². The minimum Gasteiger partial charge on any atom is -0.452 e. The second-order valence-corrected chi connectivity index (χ2v) is 6.98. The fraction of sp³-hybridized carbons (Fsp3) is 0.263. The molecule has 0 radical (unpaired) electrons. The number of anilines is 1. The van der Waals surface area contributed by atoms with Crippen molar-refractivity contribution in [2.75, 3.05) is 11.9 Å². The summed E-state index contributed by atoms with van der Waals surface area (Å²) in [5.74, 6) is -1.66. The van der Waals surface area contributed by atoms with Crippen molar-refractivity contribution < 1.29 is 18.7 Å². The number of carbonyl (C=O) groups excluding carboxylic acids is 2. The van der Waals surface area contributed by atoms with Gasteiger partial charge in [0, 0.05) is 0 Å². The Morgan fingerprint density at radius 1 is 1.12 bits per heavy atom. The monoisotopic (exact) mass is 363 g/mol. The molecular formula is C19H19ClFNO3. The lowest BCUT2D eigenvalue weighted by Crippen LogP contribution is -2.21. The van der Waals surface area contributed by atoms with Crippen molar-refractivity contribution in [2.24, 2.45) is 0 Å². The third kappa shape index (κ3) is 5.29. The number of halogens is 2. The first kappa shape index (κ1) is 18.9. The van der Waals surface area contributed by atoms with Crippen molar-refractivity contribution in [1.82, 2.24) is 0 Å². The van der Waals surface area contributed by atoms with Gasteiger partial charge in [-0.05, 0) is 41.3 Å². The van der Waals surface area contributed by atoms with Gasteiger partial charge in [0.05, 0.1) is 16.3 Å². The first-order chi connectivity index (χ1) is 11.7. The van der Waals surface area contributed by atoms with Crippen molar-refractivity contribution in [3.63, 3.8) is 0 Å². The van der Waals surface area contributed by atoms with Crippen molar-refractivity contribution in [3.8, 4) is 0 Å². The standard InChI is InChI=1S/C19H19ClFNO3/c1-19(2,3)13-6-4-12(5-7-13)18(24)25-11-17(23)22-16-9-8-14(21)10-15(16)20/h4-10H,11H2,1-3H3,(H,22,23). The van der Waals surface area contributed by atoms with Crippen LogP contribution in [0.2, 0.25) is 5.02 Å². The first-order valence-electron chi connectivity index (χ1n) is 7.69. The number of carbonyl (C=O) groups is 2. The molecular weight excluding hydrogens is 345 g/mol. The van der Waals surface area contributed by atoms with E-state index in [9.17, 15) is 14.0 Å². The van der Waals surface area contributed by atoms with Crippen molar-refractivity contribution in [1.29, 1.82) is 0 Å². The van der Waals surface area contributed by atoms with Crippen LogP contribution in [0, 0.1) is 5.82 Å². The number of ether oxygens (including phenoxy) is 1. The van der Waals surface area contributed by atoms with E-state index in [0.29, 0.717) is 5.56 Å². The van der Waals surface area contributed by atoms with Crippen molar-refractivity contribution in [2.45, 2.75) is 26.2 Å². The minimum absolute atomic E-state index is 0.0171. The number of benzene rings is 2. The van der Waals surface area contributed by atoms with Crippen LogP contribution in [0.5, 0.6) is 0 Å². The Kier molecular flexibility index (Phi) is 5.80. The molecule has 0 saturated heterocycles. The van der Waals surface area contributed by atoms with Crippen LogP contribution >= 0.6 is 11.6 Å². The topological polar surface area (TPSA) is 55.4 Å². The SMILES string of the molecule is CC(C)(C)c1ccc(C(=O)OCC(=O)Nc2ccc(F)cc2Cl)cc1. The quantitative estimate of drug-likeness (QED) is 0.809. The van der Waals surface area contributed by atoms with Gasteiger partial charge in [0.1, 0.15) is 5.82 Å². The Morgan fingerprint density at radius 2 is 1.76 bits per heavy atom. The van der Waals surface area contributed by atoms with Crippen molar-refractivity contribution in [3.05, 3.63) is 64.4 Å². The van der Waals surface area contributed by atoms with Crippen LogP contribution in [-0.2, 0) is 14.9 Å². The van der Waals surface area contributed by atoms with E-state index in [-0.39, 0.29) is 16.1 Å². The lowest BCUT2D eigenvalue weighted by Gasteiger charge is -2.18. The fourth-order valence-corrected chi connectivity index (χ4v) is 2.31. The summed E-state index contributed by atoms with van der Waals surface area (Å²) in [6.45, 7) is 5.76. The second kappa shape index (κ2) is 7.66. The molecule has 25 heavy (non-hydrogen) atoms. The predicted octanol–water partition coefficient (Wildman–Crippen LogP) is 4.57. The summed E-state index contributed by atoms with van der Waals surface area (Å²) in [5.41, 5.74) is 1.68. The third-order valence-corrected chi connectivity index (χ3v) is 3.84. The summed E-state index contributed by atoms with van der Waals surface area (Å²) in [6, 6.07) is 10.6. The highest BCUT2D eigenvalue weighted by molar-refractivity contribution is 6.33. The molecule has 0 saturated carbocycles. The highest BCUT2D eigenvalue weighted by Gasteiger charge is 2.15. The highest BCUT2D eigenvalue weighted by atomic mass is 35.5. The molecule has 1 N–H and O–H groups in total. The molecule has 132 valence electrons. The van der Waals surface area contributed by atoms with Crippen LogP contribution in [0.25, 0.3) is 0 Å². The molecule has 1 amide bonds. The smallest absolute Gasteiger partial charge is 0.338 e. The van der Waals surface area contributed by atoms with Crippen LogP contribution in [0.1, 0.15) is 36.7 Å². The highest BCUT2D eigenvalue weighted by Crippen LogP contribution is 2.23. The Balaban J connectivity index is 1.92. The molecule has 6 heteroatoms. The molecule has 0 aliphatic carbocycles. The Labute approximate surface area is 150 Å². The predicted molar refractivity (Wildman–Crippen MR) is 95.5 cm³/mol. The maximum atomic E-state index is 13.0. The van der Waals surface area contributed by atoms with Gasteiger partial charge in [-0.15, -0.1) is 0 Å². The van der Waals surface area contributed by atoms with Gasteiger partial charge in [-0.25, -0.2) is 9.18 Å². The zero-order chi connectivity index (χ0) is 18.6.